The maximum atomic E-state index is 12.1. The minimum Gasteiger partial charge on any atom is -0.384 e. The van der Waals surface area contributed by atoms with Gasteiger partial charge in [-0.2, -0.15) is 0 Å². The Balaban J connectivity index is 2.14. The van der Waals surface area contributed by atoms with Crippen molar-refractivity contribution in [3.05, 3.63) is 41.0 Å². The summed E-state index contributed by atoms with van der Waals surface area (Å²) in [5, 5.41) is 4.21. The van der Waals surface area contributed by atoms with Gasteiger partial charge < -0.3 is 10.1 Å². The van der Waals surface area contributed by atoms with Crippen LogP contribution in [0.1, 0.15) is 17.4 Å². The van der Waals surface area contributed by atoms with Crippen molar-refractivity contribution < 1.29 is 9.53 Å². The highest BCUT2D eigenvalue weighted by Crippen LogP contribution is 2.22. The Hall–Kier alpha value is -1.65. The lowest BCUT2D eigenvalue weighted by Crippen LogP contribution is -2.30. The third kappa shape index (κ3) is 3.46. The highest BCUT2D eigenvalue weighted by Gasteiger charge is 2.12. The molecule has 1 N–H and O–H groups in total. The summed E-state index contributed by atoms with van der Waals surface area (Å²) in [5.41, 5.74) is 1.05. The molecule has 1 heterocycles. The van der Waals surface area contributed by atoms with Gasteiger partial charge in [0.15, 0.2) is 0 Å². The lowest BCUT2D eigenvalue weighted by molar-refractivity contribution is 0.0929. The van der Waals surface area contributed by atoms with E-state index in [1.807, 2.05) is 31.2 Å². The van der Waals surface area contributed by atoms with Gasteiger partial charge in [-0.15, -0.1) is 0 Å². The fourth-order valence-electron chi connectivity index (χ4n) is 1.95. The molecule has 1 aromatic carbocycles. The van der Waals surface area contributed by atoms with Crippen LogP contribution in [0, 0.1) is 5.92 Å². The van der Waals surface area contributed by atoms with Gasteiger partial charge in [-0.05, 0) is 18.1 Å². The minimum atomic E-state index is -0.222. The molecule has 0 spiro atoms. The molecule has 2 aromatic rings. The van der Waals surface area contributed by atoms with Crippen molar-refractivity contribution in [1.29, 1.82) is 0 Å². The first-order valence-electron chi connectivity index (χ1n) is 6.44. The molecule has 1 atom stereocenters. The molecule has 0 fully saturated rings. The van der Waals surface area contributed by atoms with Crippen LogP contribution in [0.25, 0.3) is 10.9 Å². The van der Waals surface area contributed by atoms with Crippen LogP contribution in [0.5, 0.6) is 0 Å². The quantitative estimate of drug-likeness (QED) is 0.922. The first-order chi connectivity index (χ1) is 9.61. The van der Waals surface area contributed by atoms with E-state index in [1.165, 1.54) is 0 Å². The first-order valence-corrected chi connectivity index (χ1v) is 6.82. The zero-order chi connectivity index (χ0) is 14.5. The molecule has 1 amide bonds. The average molecular weight is 293 g/mol. The summed E-state index contributed by atoms with van der Waals surface area (Å²) in [4.78, 5) is 16.4. The van der Waals surface area contributed by atoms with E-state index >= 15 is 0 Å². The molecule has 0 saturated heterocycles. The lowest BCUT2D eigenvalue weighted by atomic mass is 10.2. The second kappa shape index (κ2) is 6.68. The van der Waals surface area contributed by atoms with Crippen LogP contribution >= 0.6 is 11.6 Å². The van der Waals surface area contributed by atoms with Gasteiger partial charge in [0.2, 0.25) is 0 Å². The molecule has 0 radical (unpaired) electrons. The Bertz CT molecular complexity index is 616. The monoisotopic (exact) mass is 292 g/mol. The molecule has 20 heavy (non-hydrogen) atoms. The number of nitrogens with zero attached hydrogens (tertiary/aromatic N) is 1. The van der Waals surface area contributed by atoms with Crippen molar-refractivity contribution in [2.24, 2.45) is 5.92 Å². The predicted octanol–water partition coefficient (Wildman–Crippen LogP) is 2.90. The third-order valence-electron chi connectivity index (χ3n) is 2.96. The van der Waals surface area contributed by atoms with E-state index in [0.717, 1.165) is 10.9 Å². The molecular formula is C15H17ClN2O2. The van der Waals surface area contributed by atoms with Gasteiger partial charge in [0, 0.05) is 19.0 Å². The lowest BCUT2D eigenvalue weighted by Gasteiger charge is -2.11. The maximum absolute atomic E-state index is 12.1. The van der Waals surface area contributed by atoms with Crippen molar-refractivity contribution in [3.8, 4) is 0 Å². The molecule has 0 aliphatic heterocycles. The van der Waals surface area contributed by atoms with Crippen LogP contribution in [0.15, 0.2) is 30.3 Å². The SMILES string of the molecule is COCC(C)CNC(=O)c1cc(Cl)c2ccccc2n1. The van der Waals surface area contributed by atoms with Crippen molar-refractivity contribution >= 4 is 28.4 Å². The number of rotatable bonds is 5. The molecule has 4 nitrogen and oxygen atoms in total. The number of hydrogen-bond donors (Lipinski definition) is 1. The molecule has 0 aliphatic rings. The number of amides is 1. The minimum absolute atomic E-state index is 0.222. The van der Waals surface area contributed by atoms with Crippen molar-refractivity contribution in [1.82, 2.24) is 10.3 Å². The van der Waals surface area contributed by atoms with Gasteiger partial charge in [-0.25, -0.2) is 4.98 Å². The van der Waals surface area contributed by atoms with E-state index in [-0.39, 0.29) is 11.8 Å². The average Bonchev–Trinajstić information content (AvgIpc) is 2.45. The van der Waals surface area contributed by atoms with Gasteiger partial charge in [-0.1, -0.05) is 36.7 Å². The van der Waals surface area contributed by atoms with E-state index < -0.39 is 0 Å². The molecule has 1 aromatic heterocycles. The van der Waals surface area contributed by atoms with Gasteiger partial charge in [0.05, 0.1) is 17.1 Å². The van der Waals surface area contributed by atoms with Crippen molar-refractivity contribution in [2.75, 3.05) is 20.3 Å². The summed E-state index contributed by atoms with van der Waals surface area (Å²) in [5.74, 6) is 0.0282. The van der Waals surface area contributed by atoms with Crippen LogP contribution in [0.4, 0.5) is 0 Å². The van der Waals surface area contributed by atoms with E-state index in [0.29, 0.717) is 23.9 Å². The van der Waals surface area contributed by atoms with Crippen molar-refractivity contribution in [3.63, 3.8) is 0 Å². The molecule has 0 bridgehead atoms. The van der Waals surface area contributed by atoms with E-state index in [9.17, 15) is 4.79 Å². The topological polar surface area (TPSA) is 51.2 Å². The zero-order valence-corrected chi connectivity index (χ0v) is 12.3. The number of ether oxygens (including phenoxy) is 1. The van der Waals surface area contributed by atoms with Gasteiger partial charge in [0.25, 0.3) is 5.91 Å². The smallest absolute Gasteiger partial charge is 0.269 e. The van der Waals surface area contributed by atoms with Gasteiger partial charge in [-0.3, -0.25) is 4.79 Å². The Kier molecular flexibility index (Phi) is 4.93. The number of hydrogen-bond acceptors (Lipinski definition) is 3. The predicted molar refractivity (Wildman–Crippen MR) is 80.1 cm³/mol. The highest BCUT2D eigenvalue weighted by atomic mass is 35.5. The molecular weight excluding hydrogens is 276 g/mol. The second-order valence-corrected chi connectivity index (χ2v) is 5.18. The number of aromatic nitrogens is 1. The fraction of sp³-hybridized carbons (Fsp3) is 0.333. The first kappa shape index (κ1) is 14.8. The van der Waals surface area contributed by atoms with Gasteiger partial charge >= 0.3 is 0 Å². The Labute approximate surface area is 123 Å². The molecule has 0 aliphatic carbocycles. The summed E-state index contributed by atoms with van der Waals surface area (Å²) in [6, 6.07) is 9.08. The van der Waals surface area contributed by atoms with Crippen LogP contribution < -0.4 is 5.32 Å². The summed E-state index contributed by atoms with van der Waals surface area (Å²) >= 11 is 6.18. The zero-order valence-electron chi connectivity index (χ0n) is 11.5. The number of benzene rings is 1. The van der Waals surface area contributed by atoms with E-state index in [2.05, 4.69) is 10.3 Å². The Morgan fingerprint density at radius 2 is 2.20 bits per heavy atom. The van der Waals surface area contributed by atoms with Crippen LogP contribution in [-0.2, 0) is 4.74 Å². The number of carbonyl (C=O) groups is 1. The summed E-state index contributed by atoms with van der Waals surface area (Å²) < 4.78 is 5.03. The molecule has 1 unspecified atom stereocenters. The number of nitrogens with one attached hydrogen (secondary N) is 1. The largest absolute Gasteiger partial charge is 0.384 e. The molecule has 2 rings (SSSR count). The Morgan fingerprint density at radius 1 is 1.45 bits per heavy atom. The normalized spacial score (nSPS) is 12.3. The highest BCUT2D eigenvalue weighted by molar-refractivity contribution is 6.35. The molecule has 5 heteroatoms. The number of fused-ring (bicyclic) bond motifs is 1. The van der Waals surface area contributed by atoms with Crippen molar-refractivity contribution in [2.45, 2.75) is 6.92 Å². The standard InChI is InChI=1S/C15H17ClN2O2/c1-10(9-20-2)8-17-15(19)14-7-12(16)11-5-3-4-6-13(11)18-14/h3-7,10H,8-9H2,1-2H3,(H,17,19). The number of methoxy groups -OCH3 is 1. The number of halogens is 1. The third-order valence-corrected chi connectivity index (χ3v) is 3.27. The fourth-order valence-corrected chi connectivity index (χ4v) is 2.21. The second-order valence-electron chi connectivity index (χ2n) is 4.78. The van der Waals surface area contributed by atoms with E-state index in [4.69, 9.17) is 16.3 Å². The summed E-state index contributed by atoms with van der Waals surface area (Å²) in [7, 11) is 1.64. The van der Waals surface area contributed by atoms with Gasteiger partial charge in [0.1, 0.15) is 5.69 Å². The number of para-hydroxylation sites is 1. The number of pyridine rings is 1. The number of carbonyl (C=O) groups excluding carboxylic acids is 1. The van der Waals surface area contributed by atoms with E-state index in [1.54, 1.807) is 13.2 Å². The van der Waals surface area contributed by atoms with Crippen LogP contribution in [0.3, 0.4) is 0 Å². The van der Waals surface area contributed by atoms with Crippen LogP contribution in [-0.4, -0.2) is 31.2 Å². The maximum Gasteiger partial charge on any atom is 0.269 e. The summed E-state index contributed by atoms with van der Waals surface area (Å²) in [6.45, 7) is 3.15. The Morgan fingerprint density at radius 3 is 2.95 bits per heavy atom. The summed E-state index contributed by atoms with van der Waals surface area (Å²) in [6.07, 6.45) is 0. The van der Waals surface area contributed by atoms with Crippen LogP contribution in [0.2, 0.25) is 5.02 Å². The molecule has 0 saturated carbocycles. The molecule has 106 valence electrons.